The largest absolute Gasteiger partial charge is 0.376 e. The van der Waals surface area contributed by atoms with Crippen molar-refractivity contribution in [2.75, 3.05) is 6.73 Å². The van der Waals surface area contributed by atoms with Crippen molar-refractivity contribution in [1.29, 1.82) is 0 Å². The lowest BCUT2D eigenvalue weighted by atomic mass is 10.0. The van der Waals surface area contributed by atoms with Crippen LogP contribution < -0.4 is 0 Å². The molecule has 7 nitrogen and oxygen atoms in total. The number of benzene rings is 1. The fourth-order valence-corrected chi connectivity index (χ4v) is 2.72. The summed E-state index contributed by atoms with van der Waals surface area (Å²) < 4.78 is 13.2. The molecule has 8 heteroatoms. The fourth-order valence-electron chi connectivity index (χ4n) is 2.72. The van der Waals surface area contributed by atoms with Gasteiger partial charge >= 0.3 is 0 Å². The molecule has 1 aromatic carbocycles. The molecule has 0 aromatic heterocycles. The molecule has 114 valence electrons. The van der Waals surface area contributed by atoms with Gasteiger partial charge in [0.25, 0.3) is 17.7 Å². The molecule has 2 aliphatic rings. The first kappa shape index (κ1) is 14.3. The van der Waals surface area contributed by atoms with Crippen molar-refractivity contribution < 1.29 is 28.7 Å². The molecule has 2 heterocycles. The number of hydrogen-bond acceptors (Lipinski definition) is 5. The summed E-state index contributed by atoms with van der Waals surface area (Å²) in [6.07, 6.45) is -0.0825. The Bertz CT molecular complexity index is 717. The molecule has 4 amide bonds. The number of aliphatic hydroxyl groups is 1. The maximum atomic E-state index is 13.2. The summed E-state index contributed by atoms with van der Waals surface area (Å²) >= 11 is 0. The number of likely N-dealkylation sites (tertiary alicyclic amines) is 1. The Kier molecular flexibility index (Phi) is 3.25. The fraction of sp³-hybridized carbons (Fsp3) is 0.286. The van der Waals surface area contributed by atoms with Gasteiger partial charge in [0, 0.05) is 6.42 Å². The van der Waals surface area contributed by atoms with Gasteiger partial charge in [0.2, 0.25) is 5.91 Å². The molecule has 0 bridgehead atoms. The van der Waals surface area contributed by atoms with Crippen LogP contribution in [-0.2, 0) is 9.59 Å². The smallest absolute Gasteiger partial charge is 0.262 e. The summed E-state index contributed by atoms with van der Waals surface area (Å²) in [5, 5.41) is 9.08. The lowest BCUT2D eigenvalue weighted by Crippen LogP contribution is -2.56. The van der Waals surface area contributed by atoms with E-state index >= 15 is 0 Å². The summed E-state index contributed by atoms with van der Waals surface area (Å²) in [5.41, 5.74) is -0.0862. The topological polar surface area (TPSA) is 95.0 Å². The van der Waals surface area contributed by atoms with E-state index in [2.05, 4.69) is 0 Å². The average molecular weight is 306 g/mol. The van der Waals surface area contributed by atoms with Crippen LogP contribution in [0.2, 0.25) is 0 Å². The number of hydrogen-bond donors (Lipinski definition) is 1. The van der Waals surface area contributed by atoms with Gasteiger partial charge in [-0.05, 0) is 24.6 Å². The van der Waals surface area contributed by atoms with Crippen molar-refractivity contribution in [3.05, 3.63) is 35.1 Å². The molecular weight excluding hydrogens is 295 g/mol. The maximum absolute atomic E-state index is 13.2. The summed E-state index contributed by atoms with van der Waals surface area (Å²) in [4.78, 5) is 49.7. The molecule has 0 spiro atoms. The highest BCUT2D eigenvalue weighted by atomic mass is 19.1. The van der Waals surface area contributed by atoms with E-state index < -0.39 is 42.2 Å². The second-order valence-corrected chi connectivity index (χ2v) is 5.03. The van der Waals surface area contributed by atoms with E-state index in [1.807, 2.05) is 0 Å². The van der Waals surface area contributed by atoms with E-state index in [9.17, 15) is 23.6 Å². The van der Waals surface area contributed by atoms with Crippen LogP contribution in [0.4, 0.5) is 4.39 Å². The van der Waals surface area contributed by atoms with E-state index in [1.54, 1.807) is 0 Å². The zero-order chi connectivity index (χ0) is 16.0. The monoisotopic (exact) mass is 306 g/mol. The zero-order valence-electron chi connectivity index (χ0n) is 11.3. The van der Waals surface area contributed by atoms with Crippen LogP contribution in [0.1, 0.15) is 33.6 Å². The number of carbonyl (C=O) groups excluding carboxylic acids is 4. The molecule has 1 saturated heterocycles. The van der Waals surface area contributed by atoms with Gasteiger partial charge in [-0.1, -0.05) is 0 Å². The molecule has 1 unspecified atom stereocenters. The number of carbonyl (C=O) groups is 4. The van der Waals surface area contributed by atoms with Gasteiger partial charge in [0.1, 0.15) is 18.6 Å². The quantitative estimate of drug-likeness (QED) is 0.769. The second-order valence-electron chi connectivity index (χ2n) is 5.03. The van der Waals surface area contributed by atoms with Gasteiger partial charge in [-0.15, -0.1) is 0 Å². The van der Waals surface area contributed by atoms with Gasteiger partial charge in [-0.3, -0.25) is 29.0 Å². The molecule has 1 atom stereocenters. The number of nitrogens with zero attached hydrogens (tertiary/aromatic N) is 2. The van der Waals surface area contributed by atoms with Gasteiger partial charge in [-0.25, -0.2) is 4.39 Å². The van der Waals surface area contributed by atoms with E-state index in [-0.39, 0.29) is 24.0 Å². The van der Waals surface area contributed by atoms with Gasteiger partial charge in [0.05, 0.1) is 11.1 Å². The van der Waals surface area contributed by atoms with E-state index in [0.29, 0.717) is 4.90 Å². The Morgan fingerprint density at radius 1 is 1.14 bits per heavy atom. The Morgan fingerprint density at radius 3 is 2.50 bits per heavy atom. The average Bonchev–Trinajstić information content (AvgIpc) is 2.72. The summed E-state index contributed by atoms with van der Waals surface area (Å²) in [6, 6.07) is 2.02. The molecule has 2 aliphatic heterocycles. The number of piperidine rings is 1. The number of halogens is 1. The van der Waals surface area contributed by atoms with Crippen molar-refractivity contribution in [3.63, 3.8) is 0 Å². The van der Waals surface area contributed by atoms with Crippen molar-refractivity contribution in [2.45, 2.75) is 18.9 Å². The second kappa shape index (κ2) is 4.99. The van der Waals surface area contributed by atoms with Crippen LogP contribution in [0, 0.1) is 5.82 Å². The lowest BCUT2D eigenvalue weighted by molar-refractivity contribution is -0.155. The predicted molar refractivity (Wildman–Crippen MR) is 68.9 cm³/mol. The minimum absolute atomic E-state index is 0.0118. The van der Waals surface area contributed by atoms with Crippen LogP contribution in [0.15, 0.2) is 18.2 Å². The minimum Gasteiger partial charge on any atom is -0.376 e. The van der Waals surface area contributed by atoms with Crippen LogP contribution in [0.3, 0.4) is 0 Å². The van der Waals surface area contributed by atoms with Crippen LogP contribution in [0.25, 0.3) is 0 Å². The Hall–Kier alpha value is -2.61. The molecular formula is C14H11FN2O5. The van der Waals surface area contributed by atoms with Crippen molar-refractivity contribution in [2.24, 2.45) is 0 Å². The first-order chi connectivity index (χ1) is 10.5. The highest BCUT2D eigenvalue weighted by molar-refractivity contribution is 6.23. The number of aliphatic hydroxyl groups excluding tert-OH is 1. The zero-order valence-corrected chi connectivity index (χ0v) is 11.3. The third kappa shape index (κ3) is 1.92. The standard InChI is InChI=1S/C14H11FN2O5/c15-7-1-2-8-9(5-7)13(21)17(12(8)20)10-3-4-11(19)16(6-18)14(10)22/h1-2,5,10,18H,3-4,6H2. The predicted octanol–water partition coefficient (Wildman–Crippen LogP) is -0.111. The van der Waals surface area contributed by atoms with Gasteiger partial charge < -0.3 is 5.11 Å². The molecule has 1 N–H and O–H groups in total. The number of amides is 4. The molecule has 22 heavy (non-hydrogen) atoms. The first-order valence-electron chi connectivity index (χ1n) is 6.58. The van der Waals surface area contributed by atoms with Crippen LogP contribution >= 0.6 is 0 Å². The van der Waals surface area contributed by atoms with Crippen molar-refractivity contribution in [3.8, 4) is 0 Å². The number of fused-ring (bicyclic) bond motifs is 1. The van der Waals surface area contributed by atoms with E-state index in [4.69, 9.17) is 5.11 Å². The summed E-state index contributed by atoms with van der Waals surface area (Å²) in [5.74, 6) is -3.51. The van der Waals surface area contributed by atoms with Crippen LogP contribution in [-0.4, -0.2) is 51.3 Å². The van der Waals surface area contributed by atoms with Gasteiger partial charge in [-0.2, -0.15) is 0 Å². The maximum Gasteiger partial charge on any atom is 0.262 e. The molecule has 0 radical (unpaired) electrons. The lowest BCUT2D eigenvalue weighted by Gasteiger charge is -2.33. The molecule has 0 saturated carbocycles. The first-order valence-corrected chi connectivity index (χ1v) is 6.58. The third-order valence-corrected chi connectivity index (χ3v) is 3.82. The third-order valence-electron chi connectivity index (χ3n) is 3.82. The highest BCUT2D eigenvalue weighted by Crippen LogP contribution is 2.29. The molecule has 1 aromatic rings. The summed E-state index contributed by atoms with van der Waals surface area (Å²) in [6.45, 7) is -0.814. The molecule has 3 rings (SSSR count). The highest BCUT2D eigenvalue weighted by Gasteiger charge is 2.46. The Balaban J connectivity index is 1.97. The molecule has 1 fully saturated rings. The number of rotatable bonds is 2. The van der Waals surface area contributed by atoms with Crippen LogP contribution in [0.5, 0.6) is 0 Å². The summed E-state index contributed by atoms with van der Waals surface area (Å²) in [7, 11) is 0. The number of imide groups is 2. The van der Waals surface area contributed by atoms with E-state index in [1.165, 1.54) is 6.07 Å². The van der Waals surface area contributed by atoms with Crippen molar-refractivity contribution in [1.82, 2.24) is 9.80 Å². The Labute approximate surface area is 123 Å². The van der Waals surface area contributed by atoms with E-state index in [0.717, 1.165) is 17.0 Å². The van der Waals surface area contributed by atoms with Gasteiger partial charge in [0.15, 0.2) is 0 Å². The Morgan fingerprint density at radius 2 is 1.82 bits per heavy atom. The normalized spacial score (nSPS) is 21.6. The minimum atomic E-state index is -1.17. The molecule has 0 aliphatic carbocycles. The SMILES string of the molecule is O=C1CCC(N2C(=O)c3ccc(F)cc3C2=O)C(=O)N1CO. The van der Waals surface area contributed by atoms with Crippen molar-refractivity contribution >= 4 is 23.6 Å².